The number of hydrogen-bond donors (Lipinski definition) is 0. The standard InChI is InChI=1S/C18H20F2N4O6S2/c19-16(20)18-22-21-17(30-18)11-1-2-12-8-23(32(27,28)15(12)7-11)9-13-10-29-6-5-24(13)31(25,26)14-3-4-14/h1-2,7,13-14,16H,3-6,8-10H2. The Labute approximate surface area is 183 Å². The van der Waals surface area contributed by atoms with Crippen molar-refractivity contribution < 1.29 is 34.8 Å². The van der Waals surface area contributed by atoms with Gasteiger partial charge in [-0.1, -0.05) is 6.07 Å². The number of fused-ring (bicyclic) bond motifs is 1. The minimum absolute atomic E-state index is 0.000116. The summed E-state index contributed by atoms with van der Waals surface area (Å²) in [6.45, 7) is 0.589. The average Bonchev–Trinajstić information content (AvgIpc) is 3.45. The van der Waals surface area contributed by atoms with Crippen LogP contribution >= 0.6 is 0 Å². The van der Waals surface area contributed by atoms with Crippen LogP contribution in [0.2, 0.25) is 0 Å². The van der Waals surface area contributed by atoms with Gasteiger partial charge in [-0.25, -0.2) is 16.8 Å². The van der Waals surface area contributed by atoms with Crippen molar-refractivity contribution in [2.75, 3.05) is 26.3 Å². The molecule has 5 rings (SSSR count). The van der Waals surface area contributed by atoms with Gasteiger partial charge in [-0.2, -0.15) is 17.4 Å². The maximum absolute atomic E-state index is 13.2. The SMILES string of the molecule is O=S1(=O)c2cc(-c3nnc(C(F)F)o3)ccc2CN1CC1COCCN1S(=O)(=O)C1CC1. The Bertz CT molecular complexity index is 1250. The Balaban J connectivity index is 1.40. The lowest BCUT2D eigenvalue weighted by atomic mass is 10.1. The van der Waals surface area contributed by atoms with Gasteiger partial charge >= 0.3 is 6.43 Å². The molecule has 0 amide bonds. The van der Waals surface area contributed by atoms with Crippen molar-refractivity contribution in [2.45, 2.75) is 42.0 Å². The monoisotopic (exact) mass is 490 g/mol. The van der Waals surface area contributed by atoms with Gasteiger partial charge in [-0.15, -0.1) is 10.2 Å². The summed E-state index contributed by atoms with van der Waals surface area (Å²) in [5.74, 6) is -1.06. The molecule has 1 unspecified atom stereocenters. The fourth-order valence-electron chi connectivity index (χ4n) is 3.99. The molecule has 10 nitrogen and oxygen atoms in total. The first kappa shape index (κ1) is 21.8. The second kappa shape index (κ2) is 7.80. The molecule has 1 saturated heterocycles. The van der Waals surface area contributed by atoms with Crippen LogP contribution in [0.3, 0.4) is 0 Å². The van der Waals surface area contributed by atoms with Gasteiger partial charge in [0, 0.05) is 25.2 Å². The maximum atomic E-state index is 13.2. The second-order valence-corrected chi connectivity index (χ2v) is 12.0. The van der Waals surface area contributed by atoms with Gasteiger partial charge in [0.15, 0.2) is 0 Å². The van der Waals surface area contributed by atoms with Crippen LogP contribution in [0.1, 0.15) is 30.7 Å². The fraction of sp³-hybridized carbons (Fsp3) is 0.556. The van der Waals surface area contributed by atoms with E-state index >= 15 is 0 Å². The number of alkyl halides is 2. The summed E-state index contributed by atoms with van der Waals surface area (Å²) < 4.78 is 90.4. The Morgan fingerprint density at radius 3 is 2.69 bits per heavy atom. The summed E-state index contributed by atoms with van der Waals surface area (Å²) in [6, 6.07) is 3.77. The molecule has 2 aromatic rings. The van der Waals surface area contributed by atoms with E-state index in [1.807, 2.05) is 0 Å². The summed E-state index contributed by atoms with van der Waals surface area (Å²) in [6.07, 6.45) is -1.70. The zero-order chi connectivity index (χ0) is 22.7. The molecule has 32 heavy (non-hydrogen) atoms. The van der Waals surface area contributed by atoms with Crippen molar-refractivity contribution in [3.8, 4) is 11.5 Å². The van der Waals surface area contributed by atoms with E-state index in [4.69, 9.17) is 9.15 Å². The van der Waals surface area contributed by atoms with Crippen molar-refractivity contribution >= 4 is 20.0 Å². The maximum Gasteiger partial charge on any atom is 0.314 e. The number of morpholine rings is 1. The molecule has 14 heteroatoms. The van der Waals surface area contributed by atoms with E-state index in [0.29, 0.717) is 18.4 Å². The highest BCUT2D eigenvalue weighted by Crippen LogP contribution is 2.36. The summed E-state index contributed by atoms with van der Waals surface area (Å²) in [7, 11) is -7.43. The first-order chi connectivity index (χ1) is 15.2. The van der Waals surface area contributed by atoms with Crippen molar-refractivity contribution in [1.29, 1.82) is 0 Å². The molecule has 0 spiro atoms. The molecule has 3 heterocycles. The van der Waals surface area contributed by atoms with Crippen LogP contribution < -0.4 is 0 Å². The van der Waals surface area contributed by atoms with Crippen molar-refractivity contribution in [1.82, 2.24) is 18.8 Å². The number of nitrogens with zero attached hydrogens (tertiary/aromatic N) is 4. The predicted octanol–water partition coefficient (Wildman–Crippen LogP) is 1.37. The lowest BCUT2D eigenvalue weighted by Crippen LogP contribution is -2.54. The molecule has 3 aliphatic rings. The van der Waals surface area contributed by atoms with E-state index in [0.717, 1.165) is 0 Å². The predicted molar refractivity (Wildman–Crippen MR) is 106 cm³/mol. The summed E-state index contributed by atoms with van der Waals surface area (Å²) >= 11 is 0. The lowest BCUT2D eigenvalue weighted by molar-refractivity contribution is 0.0262. The van der Waals surface area contributed by atoms with E-state index in [1.54, 1.807) is 6.07 Å². The molecule has 174 valence electrons. The van der Waals surface area contributed by atoms with E-state index < -0.39 is 43.7 Å². The van der Waals surface area contributed by atoms with E-state index in [9.17, 15) is 25.6 Å². The van der Waals surface area contributed by atoms with Crippen LogP contribution in [0.15, 0.2) is 27.5 Å². The molecule has 1 aromatic carbocycles. The highest BCUT2D eigenvalue weighted by Gasteiger charge is 2.46. The third-order valence-electron chi connectivity index (χ3n) is 5.77. The molecule has 0 bridgehead atoms. The van der Waals surface area contributed by atoms with Crippen LogP contribution in [0.25, 0.3) is 11.5 Å². The molecule has 1 aromatic heterocycles. The van der Waals surface area contributed by atoms with Crippen LogP contribution in [0, 0.1) is 0 Å². The van der Waals surface area contributed by atoms with E-state index in [1.165, 1.54) is 20.7 Å². The Hall–Kier alpha value is -2.00. The van der Waals surface area contributed by atoms with Crippen LogP contribution in [-0.4, -0.2) is 73.2 Å². The topological polar surface area (TPSA) is 123 Å². The number of ether oxygens (including phenoxy) is 1. The third-order valence-corrected chi connectivity index (χ3v) is 10.1. The van der Waals surface area contributed by atoms with Crippen LogP contribution in [0.5, 0.6) is 0 Å². The van der Waals surface area contributed by atoms with Gasteiger partial charge in [0.05, 0.1) is 29.4 Å². The van der Waals surface area contributed by atoms with Crippen molar-refractivity contribution in [3.63, 3.8) is 0 Å². The summed E-state index contributed by atoms with van der Waals surface area (Å²) in [5, 5.41) is 6.42. The van der Waals surface area contributed by atoms with Crippen molar-refractivity contribution in [3.05, 3.63) is 29.7 Å². The summed E-state index contributed by atoms with van der Waals surface area (Å²) in [5.41, 5.74) is 0.711. The average molecular weight is 491 g/mol. The Kier molecular flexibility index (Phi) is 5.32. The van der Waals surface area contributed by atoms with E-state index in [2.05, 4.69) is 10.2 Å². The number of sulfonamides is 2. The lowest BCUT2D eigenvalue weighted by Gasteiger charge is -2.36. The molecular formula is C18H20F2N4O6S2. The van der Waals surface area contributed by atoms with E-state index in [-0.39, 0.29) is 49.2 Å². The molecular weight excluding hydrogens is 470 g/mol. The molecule has 1 saturated carbocycles. The normalized spacial score (nSPS) is 24.2. The fourth-order valence-corrected chi connectivity index (χ4v) is 7.67. The molecule has 0 radical (unpaired) electrons. The summed E-state index contributed by atoms with van der Waals surface area (Å²) in [4.78, 5) is 0.000116. The quantitative estimate of drug-likeness (QED) is 0.595. The molecule has 2 aliphatic heterocycles. The highest BCUT2D eigenvalue weighted by molar-refractivity contribution is 7.90. The first-order valence-electron chi connectivity index (χ1n) is 10.0. The number of rotatable bonds is 6. The van der Waals surface area contributed by atoms with Gasteiger partial charge < -0.3 is 9.15 Å². The third kappa shape index (κ3) is 3.73. The Morgan fingerprint density at radius 2 is 2.00 bits per heavy atom. The van der Waals surface area contributed by atoms with Crippen LogP contribution in [-0.2, 0) is 31.3 Å². The molecule has 1 aliphatic carbocycles. The largest absolute Gasteiger partial charge is 0.415 e. The zero-order valence-electron chi connectivity index (χ0n) is 16.7. The first-order valence-corrected chi connectivity index (χ1v) is 13.0. The van der Waals surface area contributed by atoms with Crippen molar-refractivity contribution in [2.24, 2.45) is 0 Å². The van der Waals surface area contributed by atoms with Gasteiger partial charge in [0.2, 0.25) is 25.9 Å². The van der Waals surface area contributed by atoms with Gasteiger partial charge in [0.1, 0.15) is 0 Å². The molecule has 1 atom stereocenters. The van der Waals surface area contributed by atoms with Gasteiger partial charge in [0.25, 0.3) is 5.89 Å². The zero-order valence-corrected chi connectivity index (χ0v) is 18.4. The van der Waals surface area contributed by atoms with Crippen LogP contribution in [0.4, 0.5) is 8.78 Å². The minimum atomic E-state index is -3.94. The van der Waals surface area contributed by atoms with Gasteiger partial charge in [-0.05, 0) is 30.5 Å². The number of halogens is 2. The minimum Gasteiger partial charge on any atom is -0.415 e. The number of benzene rings is 1. The second-order valence-electron chi connectivity index (χ2n) is 7.95. The number of hydrogen-bond acceptors (Lipinski definition) is 8. The smallest absolute Gasteiger partial charge is 0.314 e. The molecule has 2 fully saturated rings. The number of aromatic nitrogens is 2. The Morgan fingerprint density at radius 1 is 1.22 bits per heavy atom. The highest BCUT2D eigenvalue weighted by atomic mass is 32.2. The molecule has 0 N–H and O–H groups in total. The van der Waals surface area contributed by atoms with Gasteiger partial charge in [-0.3, -0.25) is 0 Å².